The van der Waals surface area contributed by atoms with Gasteiger partial charge in [-0.2, -0.15) is 0 Å². The minimum atomic E-state index is 0.0216. The predicted octanol–water partition coefficient (Wildman–Crippen LogP) is 3.32. The van der Waals surface area contributed by atoms with E-state index in [1.807, 2.05) is 18.2 Å². The number of aryl methyl sites for hydroxylation is 1. The Labute approximate surface area is 173 Å². The monoisotopic (exact) mass is 393 g/mol. The second kappa shape index (κ2) is 8.87. The lowest BCUT2D eigenvalue weighted by molar-refractivity contribution is -0.136. The van der Waals surface area contributed by atoms with E-state index >= 15 is 0 Å². The number of piperazine rings is 1. The van der Waals surface area contributed by atoms with E-state index < -0.39 is 0 Å². The normalized spacial score (nSPS) is 20.1. The maximum absolute atomic E-state index is 13.3. The zero-order valence-corrected chi connectivity index (χ0v) is 17.5. The number of hydrogen-bond donors (Lipinski definition) is 0. The molecule has 0 radical (unpaired) electrons. The van der Waals surface area contributed by atoms with Crippen LogP contribution in [0.1, 0.15) is 24.0 Å². The van der Waals surface area contributed by atoms with Crippen molar-refractivity contribution < 1.29 is 9.53 Å². The first-order valence-corrected chi connectivity index (χ1v) is 10.6. The van der Waals surface area contributed by atoms with Gasteiger partial charge in [0.25, 0.3) is 0 Å². The number of ether oxygens (including phenoxy) is 1. The average Bonchev–Trinajstić information content (AvgIpc) is 3.21. The molecule has 0 N–H and O–H groups in total. The summed E-state index contributed by atoms with van der Waals surface area (Å²) in [5.74, 6) is 1.20. The van der Waals surface area contributed by atoms with Crippen molar-refractivity contribution in [3.8, 4) is 5.75 Å². The summed E-state index contributed by atoms with van der Waals surface area (Å²) in [6.07, 6.45) is 2.07. The molecule has 0 aromatic heterocycles. The van der Waals surface area contributed by atoms with E-state index in [4.69, 9.17) is 4.74 Å². The Bertz CT molecular complexity index is 846. The van der Waals surface area contributed by atoms with Gasteiger partial charge in [0.1, 0.15) is 5.75 Å². The maximum Gasteiger partial charge on any atom is 0.240 e. The first kappa shape index (κ1) is 19.8. The SMILES string of the molecule is COc1ccccc1N1CCN(C(=O)C2CCCN2Cc2cccc(C)c2)CC1. The molecule has 0 aliphatic carbocycles. The summed E-state index contributed by atoms with van der Waals surface area (Å²) in [5, 5.41) is 0. The lowest BCUT2D eigenvalue weighted by atomic mass is 10.1. The van der Waals surface area contributed by atoms with E-state index in [0.29, 0.717) is 5.91 Å². The number of likely N-dealkylation sites (tertiary alicyclic amines) is 1. The standard InChI is InChI=1S/C24H31N3O2/c1-19-7-5-8-20(17-19)18-27-12-6-10-22(27)24(28)26-15-13-25(14-16-26)21-9-3-4-11-23(21)29-2/h3-5,7-9,11,17,22H,6,10,12-16,18H2,1-2H3. The number of anilines is 1. The molecule has 0 saturated carbocycles. The zero-order chi connectivity index (χ0) is 20.2. The number of carbonyl (C=O) groups excluding carboxylic acids is 1. The number of carbonyl (C=O) groups is 1. The topological polar surface area (TPSA) is 36.0 Å². The van der Waals surface area contributed by atoms with E-state index in [9.17, 15) is 4.79 Å². The van der Waals surface area contributed by atoms with Crippen LogP contribution in [-0.4, -0.2) is 61.6 Å². The van der Waals surface area contributed by atoms with Crippen molar-refractivity contribution in [2.75, 3.05) is 44.7 Å². The van der Waals surface area contributed by atoms with Crippen LogP contribution in [0, 0.1) is 6.92 Å². The van der Waals surface area contributed by atoms with Crippen LogP contribution in [0.15, 0.2) is 48.5 Å². The maximum atomic E-state index is 13.3. The molecule has 1 unspecified atom stereocenters. The van der Waals surface area contributed by atoms with Crippen LogP contribution in [0.5, 0.6) is 5.75 Å². The molecule has 154 valence electrons. The Kier molecular flexibility index (Phi) is 6.05. The van der Waals surface area contributed by atoms with Crippen LogP contribution >= 0.6 is 0 Å². The van der Waals surface area contributed by atoms with Crippen molar-refractivity contribution in [2.24, 2.45) is 0 Å². The average molecular weight is 394 g/mol. The summed E-state index contributed by atoms with van der Waals surface area (Å²) in [6.45, 7) is 7.22. The van der Waals surface area contributed by atoms with E-state index in [-0.39, 0.29) is 6.04 Å². The number of rotatable bonds is 5. The van der Waals surface area contributed by atoms with E-state index in [1.54, 1.807) is 7.11 Å². The minimum absolute atomic E-state index is 0.0216. The molecule has 2 aliphatic heterocycles. The molecule has 2 aromatic rings. The van der Waals surface area contributed by atoms with Gasteiger partial charge in [0.2, 0.25) is 5.91 Å². The first-order chi connectivity index (χ1) is 14.2. The molecular formula is C24H31N3O2. The van der Waals surface area contributed by atoms with E-state index in [2.05, 4.69) is 52.0 Å². The molecule has 0 bridgehead atoms. The van der Waals surface area contributed by atoms with Crippen LogP contribution in [0.25, 0.3) is 0 Å². The molecule has 0 spiro atoms. The molecule has 2 aromatic carbocycles. The summed E-state index contributed by atoms with van der Waals surface area (Å²) < 4.78 is 5.50. The van der Waals surface area contributed by atoms with Gasteiger partial charge >= 0.3 is 0 Å². The second-order valence-electron chi connectivity index (χ2n) is 8.10. The summed E-state index contributed by atoms with van der Waals surface area (Å²) in [4.78, 5) is 20.0. The van der Waals surface area contributed by atoms with Crippen molar-refractivity contribution in [2.45, 2.75) is 32.4 Å². The number of methoxy groups -OCH3 is 1. The van der Waals surface area contributed by atoms with Gasteiger partial charge in [-0.15, -0.1) is 0 Å². The highest BCUT2D eigenvalue weighted by Crippen LogP contribution is 2.29. The van der Waals surface area contributed by atoms with Crippen molar-refractivity contribution in [1.29, 1.82) is 0 Å². The molecule has 1 amide bonds. The fraction of sp³-hybridized carbons (Fsp3) is 0.458. The zero-order valence-electron chi connectivity index (χ0n) is 17.5. The highest BCUT2D eigenvalue weighted by Gasteiger charge is 2.35. The Morgan fingerprint density at radius 3 is 2.59 bits per heavy atom. The summed E-state index contributed by atoms with van der Waals surface area (Å²) in [6, 6.07) is 16.8. The highest BCUT2D eigenvalue weighted by atomic mass is 16.5. The minimum Gasteiger partial charge on any atom is -0.495 e. The summed E-state index contributed by atoms with van der Waals surface area (Å²) in [5.41, 5.74) is 3.69. The van der Waals surface area contributed by atoms with Gasteiger partial charge in [-0.1, -0.05) is 42.0 Å². The third-order valence-electron chi connectivity index (χ3n) is 6.13. The van der Waals surface area contributed by atoms with Gasteiger partial charge in [0, 0.05) is 32.7 Å². The molecule has 2 heterocycles. The molecule has 4 rings (SSSR count). The fourth-order valence-corrected chi connectivity index (χ4v) is 4.61. The van der Waals surface area contributed by atoms with Gasteiger partial charge in [0.05, 0.1) is 18.8 Å². The molecule has 1 atom stereocenters. The van der Waals surface area contributed by atoms with Gasteiger partial charge in [0.15, 0.2) is 0 Å². The lowest BCUT2D eigenvalue weighted by Crippen LogP contribution is -2.53. The number of benzene rings is 2. The Hall–Kier alpha value is -2.53. The van der Waals surface area contributed by atoms with Crippen LogP contribution in [0.3, 0.4) is 0 Å². The molecule has 29 heavy (non-hydrogen) atoms. The summed E-state index contributed by atoms with van der Waals surface area (Å²) >= 11 is 0. The first-order valence-electron chi connectivity index (χ1n) is 10.6. The predicted molar refractivity (Wildman–Crippen MR) is 116 cm³/mol. The van der Waals surface area contributed by atoms with Crippen LogP contribution in [0.2, 0.25) is 0 Å². The number of hydrogen-bond acceptors (Lipinski definition) is 4. The van der Waals surface area contributed by atoms with Crippen LogP contribution in [0.4, 0.5) is 5.69 Å². The fourth-order valence-electron chi connectivity index (χ4n) is 4.61. The van der Waals surface area contributed by atoms with Crippen molar-refractivity contribution in [3.05, 3.63) is 59.7 Å². The lowest BCUT2D eigenvalue weighted by Gasteiger charge is -2.38. The highest BCUT2D eigenvalue weighted by molar-refractivity contribution is 5.82. The Morgan fingerprint density at radius 2 is 1.83 bits per heavy atom. The third-order valence-corrected chi connectivity index (χ3v) is 6.13. The molecule has 5 nitrogen and oxygen atoms in total. The number of nitrogens with zero attached hydrogens (tertiary/aromatic N) is 3. The molecular weight excluding hydrogens is 362 g/mol. The number of amides is 1. The molecule has 5 heteroatoms. The largest absolute Gasteiger partial charge is 0.495 e. The Balaban J connectivity index is 1.37. The van der Waals surface area contributed by atoms with Crippen LogP contribution < -0.4 is 9.64 Å². The Morgan fingerprint density at radius 1 is 1.03 bits per heavy atom. The van der Waals surface area contributed by atoms with Crippen LogP contribution in [-0.2, 0) is 11.3 Å². The number of para-hydroxylation sites is 2. The quantitative estimate of drug-likeness (QED) is 0.781. The molecule has 2 saturated heterocycles. The van der Waals surface area contributed by atoms with Crippen molar-refractivity contribution in [1.82, 2.24) is 9.80 Å². The van der Waals surface area contributed by atoms with Gasteiger partial charge in [-0.05, 0) is 44.0 Å². The third kappa shape index (κ3) is 4.40. The molecule has 2 aliphatic rings. The smallest absolute Gasteiger partial charge is 0.240 e. The van der Waals surface area contributed by atoms with E-state index in [1.165, 1.54) is 11.1 Å². The van der Waals surface area contributed by atoms with Gasteiger partial charge in [-0.25, -0.2) is 0 Å². The second-order valence-corrected chi connectivity index (χ2v) is 8.10. The molecule has 2 fully saturated rings. The van der Waals surface area contributed by atoms with Crippen molar-refractivity contribution in [3.63, 3.8) is 0 Å². The summed E-state index contributed by atoms with van der Waals surface area (Å²) in [7, 11) is 1.71. The van der Waals surface area contributed by atoms with Crippen molar-refractivity contribution >= 4 is 11.6 Å². The van der Waals surface area contributed by atoms with Gasteiger partial charge in [-0.3, -0.25) is 9.69 Å². The van der Waals surface area contributed by atoms with E-state index in [0.717, 1.165) is 63.5 Å². The van der Waals surface area contributed by atoms with Gasteiger partial charge < -0.3 is 14.5 Å².